The van der Waals surface area contributed by atoms with Gasteiger partial charge in [-0.15, -0.1) is 24.0 Å². The van der Waals surface area contributed by atoms with Crippen LogP contribution in [0.5, 0.6) is 0 Å². The van der Waals surface area contributed by atoms with Crippen LogP contribution in [0.1, 0.15) is 31.4 Å². The van der Waals surface area contributed by atoms with Gasteiger partial charge in [-0.25, -0.2) is 0 Å². The molecule has 3 rings (SSSR count). The summed E-state index contributed by atoms with van der Waals surface area (Å²) < 4.78 is 0. The van der Waals surface area contributed by atoms with Gasteiger partial charge in [0.05, 0.1) is 12.2 Å². The quantitative estimate of drug-likeness (QED) is 0.378. The molecule has 0 atom stereocenters. The molecule has 2 fully saturated rings. The summed E-state index contributed by atoms with van der Waals surface area (Å²) >= 11 is 0. The molecule has 2 saturated carbocycles. The van der Waals surface area contributed by atoms with Crippen LogP contribution in [0.15, 0.2) is 29.4 Å². The number of hydrogen-bond acceptors (Lipinski definition) is 3. The Morgan fingerprint density at radius 1 is 1.26 bits per heavy atom. The predicted molar refractivity (Wildman–Crippen MR) is 105 cm³/mol. The Morgan fingerprint density at radius 2 is 2.09 bits per heavy atom. The first-order valence-corrected chi connectivity index (χ1v) is 8.43. The van der Waals surface area contributed by atoms with Gasteiger partial charge in [-0.3, -0.25) is 14.9 Å². The normalized spacial score (nSPS) is 17.7. The number of pyridine rings is 1. The first kappa shape index (κ1) is 18.4. The van der Waals surface area contributed by atoms with Crippen molar-refractivity contribution in [3.05, 3.63) is 30.1 Å². The second-order valence-corrected chi connectivity index (χ2v) is 6.34. The summed E-state index contributed by atoms with van der Waals surface area (Å²) in [6, 6.07) is 6.81. The van der Waals surface area contributed by atoms with Crippen molar-refractivity contribution in [3.63, 3.8) is 0 Å². The van der Waals surface area contributed by atoms with E-state index < -0.39 is 0 Å². The van der Waals surface area contributed by atoms with Gasteiger partial charge in [-0.2, -0.15) is 0 Å². The zero-order valence-electron chi connectivity index (χ0n) is 13.9. The van der Waals surface area contributed by atoms with Gasteiger partial charge >= 0.3 is 0 Å². The van der Waals surface area contributed by atoms with Crippen molar-refractivity contribution in [2.45, 2.75) is 38.3 Å². The van der Waals surface area contributed by atoms with E-state index in [0.717, 1.165) is 36.7 Å². The molecule has 1 heterocycles. The number of halogens is 1. The maximum atomic E-state index is 4.31. The average Bonchev–Trinajstić information content (AvgIpc) is 3.44. The van der Waals surface area contributed by atoms with E-state index in [-0.39, 0.29) is 24.0 Å². The average molecular weight is 429 g/mol. The lowest BCUT2D eigenvalue weighted by atomic mass is 10.3. The van der Waals surface area contributed by atoms with Crippen molar-refractivity contribution in [2.24, 2.45) is 10.9 Å². The third kappa shape index (κ3) is 6.63. The molecule has 128 valence electrons. The Morgan fingerprint density at radius 3 is 2.70 bits per heavy atom. The number of rotatable bonds is 8. The summed E-state index contributed by atoms with van der Waals surface area (Å²) in [5.41, 5.74) is 1.03. The molecular weight excluding hydrogens is 401 g/mol. The van der Waals surface area contributed by atoms with Crippen LogP contribution in [-0.2, 0) is 6.54 Å². The minimum Gasteiger partial charge on any atom is -0.355 e. The van der Waals surface area contributed by atoms with E-state index >= 15 is 0 Å². The molecule has 0 aliphatic heterocycles. The van der Waals surface area contributed by atoms with E-state index in [9.17, 15) is 0 Å². The van der Waals surface area contributed by atoms with Crippen molar-refractivity contribution < 1.29 is 0 Å². The molecular formula is C17H28IN5. The van der Waals surface area contributed by atoms with Gasteiger partial charge in [0.1, 0.15) is 0 Å². The smallest absolute Gasteiger partial charge is 0.191 e. The van der Waals surface area contributed by atoms with Crippen LogP contribution >= 0.6 is 24.0 Å². The SMILES string of the molecule is CN=C(NCCN(CC1CC1)C1CC1)NCc1ccccn1.I. The largest absolute Gasteiger partial charge is 0.355 e. The monoisotopic (exact) mass is 429 g/mol. The summed E-state index contributed by atoms with van der Waals surface area (Å²) in [5.74, 6) is 1.83. The molecule has 0 spiro atoms. The highest BCUT2D eigenvalue weighted by Gasteiger charge is 2.33. The maximum absolute atomic E-state index is 4.31. The number of hydrogen-bond donors (Lipinski definition) is 2. The summed E-state index contributed by atoms with van der Waals surface area (Å²) in [6.07, 6.45) is 7.46. The highest BCUT2D eigenvalue weighted by Crippen LogP contribution is 2.34. The molecule has 2 aliphatic rings. The Hall–Kier alpha value is -0.890. The number of aromatic nitrogens is 1. The highest BCUT2D eigenvalue weighted by atomic mass is 127. The highest BCUT2D eigenvalue weighted by molar-refractivity contribution is 14.0. The number of nitrogens with zero attached hydrogens (tertiary/aromatic N) is 3. The summed E-state index contributed by atoms with van der Waals surface area (Å²) in [7, 11) is 1.82. The summed E-state index contributed by atoms with van der Waals surface area (Å²) in [4.78, 5) is 11.3. The lowest BCUT2D eigenvalue weighted by Crippen LogP contribution is -2.42. The van der Waals surface area contributed by atoms with Crippen LogP contribution in [-0.4, -0.2) is 48.6 Å². The predicted octanol–water partition coefficient (Wildman–Crippen LogP) is 2.24. The molecule has 0 saturated heterocycles. The van der Waals surface area contributed by atoms with Crippen molar-refractivity contribution in [2.75, 3.05) is 26.7 Å². The first-order valence-electron chi connectivity index (χ1n) is 8.43. The second-order valence-electron chi connectivity index (χ2n) is 6.34. The van der Waals surface area contributed by atoms with Crippen molar-refractivity contribution in [3.8, 4) is 0 Å². The van der Waals surface area contributed by atoms with E-state index in [1.165, 1.54) is 32.2 Å². The summed E-state index contributed by atoms with van der Waals surface area (Å²) in [6.45, 7) is 4.07. The Balaban J connectivity index is 0.00000192. The van der Waals surface area contributed by atoms with Gasteiger partial charge in [0, 0.05) is 38.9 Å². The Kier molecular flexibility index (Phi) is 7.55. The van der Waals surface area contributed by atoms with Gasteiger partial charge < -0.3 is 10.6 Å². The standard InChI is InChI=1S/C17H27N5.HI/c1-18-17(21-12-15-4-2-3-9-19-15)20-10-11-22(16-7-8-16)13-14-5-6-14;/h2-4,9,14,16H,5-8,10-13H2,1H3,(H2,18,20,21);1H. The van der Waals surface area contributed by atoms with Gasteiger partial charge in [0.2, 0.25) is 0 Å². The zero-order valence-corrected chi connectivity index (χ0v) is 16.2. The van der Waals surface area contributed by atoms with Crippen LogP contribution in [0.2, 0.25) is 0 Å². The molecule has 0 unspecified atom stereocenters. The van der Waals surface area contributed by atoms with Crippen molar-refractivity contribution in [1.29, 1.82) is 0 Å². The Bertz CT molecular complexity index is 485. The van der Waals surface area contributed by atoms with Gasteiger partial charge in [0.15, 0.2) is 5.96 Å². The minimum absolute atomic E-state index is 0. The van der Waals surface area contributed by atoms with E-state index in [0.29, 0.717) is 6.54 Å². The molecule has 2 N–H and O–H groups in total. The fourth-order valence-electron chi connectivity index (χ4n) is 2.71. The fourth-order valence-corrected chi connectivity index (χ4v) is 2.71. The molecule has 0 radical (unpaired) electrons. The molecule has 23 heavy (non-hydrogen) atoms. The molecule has 0 bridgehead atoms. The number of aliphatic imine (C=N–C) groups is 1. The minimum atomic E-state index is 0. The molecule has 0 aromatic carbocycles. The molecule has 1 aromatic rings. The van der Waals surface area contributed by atoms with Crippen molar-refractivity contribution >= 4 is 29.9 Å². The van der Waals surface area contributed by atoms with E-state index in [1.54, 1.807) is 0 Å². The van der Waals surface area contributed by atoms with Gasteiger partial charge in [0.25, 0.3) is 0 Å². The lowest BCUT2D eigenvalue weighted by Gasteiger charge is -2.22. The van der Waals surface area contributed by atoms with Crippen LogP contribution in [0.3, 0.4) is 0 Å². The lowest BCUT2D eigenvalue weighted by molar-refractivity contribution is 0.256. The van der Waals surface area contributed by atoms with Crippen LogP contribution in [0, 0.1) is 5.92 Å². The van der Waals surface area contributed by atoms with Crippen molar-refractivity contribution in [1.82, 2.24) is 20.5 Å². The zero-order chi connectivity index (χ0) is 15.2. The second kappa shape index (κ2) is 9.42. The molecule has 1 aromatic heterocycles. The molecule has 5 nitrogen and oxygen atoms in total. The topological polar surface area (TPSA) is 52.6 Å². The van der Waals surface area contributed by atoms with Gasteiger partial charge in [-0.05, 0) is 43.7 Å². The van der Waals surface area contributed by atoms with Crippen LogP contribution in [0.4, 0.5) is 0 Å². The third-order valence-electron chi connectivity index (χ3n) is 4.33. The molecule has 0 amide bonds. The summed E-state index contributed by atoms with van der Waals surface area (Å²) in [5, 5.41) is 6.73. The third-order valence-corrected chi connectivity index (χ3v) is 4.33. The van der Waals surface area contributed by atoms with Gasteiger partial charge in [-0.1, -0.05) is 6.07 Å². The van der Waals surface area contributed by atoms with E-state index in [2.05, 4.69) is 25.5 Å². The fraction of sp³-hybridized carbons (Fsp3) is 0.647. The number of nitrogens with one attached hydrogen (secondary N) is 2. The van der Waals surface area contributed by atoms with E-state index in [4.69, 9.17) is 0 Å². The van der Waals surface area contributed by atoms with Crippen LogP contribution in [0.25, 0.3) is 0 Å². The Labute approximate surface area is 156 Å². The van der Waals surface area contributed by atoms with Crippen LogP contribution < -0.4 is 10.6 Å². The van der Waals surface area contributed by atoms with E-state index in [1.807, 2.05) is 31.4 Å². The molecule has 2 aliphatic carbocycles. The number of guanidine groups is 1. The molecule has 6 heteroatoms. The maximum Gasteiger partial charge on any atom is 0.191 e. The first-order chi connectivity index (χ1) is 10.8.